The highest BCUT2D eigenvalue weighted by atomic mass is 32.2. The van der Waals surface area contributed by atoms with E-state index >= 15 is 0 Å². The van der Waals surface area contributed by atoms with Crippen LogP contribution in [0.3, 0.4) is 0 Å². The Kier molecular flexibility index (Phi) is 6.61. The van der Waals surface area contributed by atoms with E-state index in [4.69, 9.17) is 0 Å². The lowest BCUT2D eigenvalue weighted by Crippen LogP contribution is -2.61. The largest absolute Gasteiger partial charge is 0.387 e. The number of aliphatic hydroxyl groups excluding tert-OH is 1. The summed E-state index contributed by atoms with van der Waals surface area (Å²) in [5.41, 5.74) is 1.19. The average Bonchev–Trinajstić information content (AvgIpc) is 3.14. The van der Waals surface area contributed by atoms with E-state index < -0.39 is 9.84 Å². The Morgan fingerprint density at radius 2 is 1.89 bits per heavy atom. The lowest BCUT2D eigenvalue weighted by molar-refractivity contribution is -0.969. The molecular formula is C21H34NO3S2+. The quantitative estimate of drug-likeness (QED) is 0.722. The minimum absolute atomic E-state index is 0.254. The predicted octanol–water partition coefficient (Wildman–Crippen LogP) is 3.80. The van der Waals surface area contributed by atoms with Gasteiger partial charge in [-0.1, -0.05) is 12.1 Å². The first kappa shape index (κ1) is 21.2. The fourth-order valence-electron chi connectivity index (χ4n) is 5.08. The Morgan fingerprint density at radius 1 is 1.19 bits per heavy atom. The molecule has 0 radical (unpaired) electrons. The lowest BCUT2D eigenvalue weighted by Gasteiger charge is -2.51. The zero-order valence-corrected chi connectivity index (χ0v) is 18.4. The van der Waals surface area contributed by atoms with Crippen molar-refractivity contribution in [3.05, 3.63) is 29.8 Å². The van der Waals surface area contributed by atoms with Gasteiger partial charge in [0.25, 0.3) is 0 Å². The number of likely N-dealkylation sites (tertiary alicyclic amines) is 1. The van der Waals surface area contributed by atoms with Gasteiger partial charge in [0.05, 0.1) is 18.5 Å². The van der Waals surface area contributed by atoms with Gasteiger partial charge in [-0.25, -0.2) is 8.42 Å². The van der Waals surface area contributed by atoms with E-state index in [0.717, 1.165) is 36.7 Å². The molecule has 0 bridgehead atoms. The SMILES string of the molecule is CC[N+]1(C)C(c2ccc(S(C)(=O)=O)cc2)CCCC1[C@@H](O)CC1CCCS1. The maximum absolute atomic E-state index is 11.8. The van der Waals surface area contributed by atoms with Crippen molar-refractivity contribution in [2.24, 2.45) is 0 Å². The highest BCUT2D eigenvalue weighted by molar-refractivity contribution is 8.00. The van der Waals surface area contributed by atoms with Crippen LogP contribution in [0.15, 0.2) is 29.2 Å². The van der Waals surface area contributed by atoms with Crippen LogP contribution in [-0.4, -0.2) is 61.0 Å². The molecule has 0 aliphatic carbocycles. The van der Waals surface area contributed by atoms with Crippen molar-refractivity contribution in [1.82, 2.24) is 0 Å². The number of nitrogens with zero attached hydrogens (tertiary/aromatic N) is 1. The van der Waals surface area contributed by atoms with Crippen LogP contribution >= 0.6 is 11.8 Å². The van der Waals surface area contributed by atoms with Crippen LogP contribution in [0.4, 0.5) is 0 Å². The highest BCUT2D eigenvalue weighted by Gasteiger charge is 2.46. The molecule has 2 saturated heterocycles. The molecule has 2 fully saturated rings. The van der Waals surface area contributed by atoms with Crippen molar-refractivity contribution in [2.75, 3.05) is 25.6 Å². The van der Waals surface area contributed by atoms with Crippen molar-refractivity contribution >= 4 is 21.6 Å². The third-order valence-electron chi connectivity index (χ3n) is 6.79. The molecule has 2 aliphatic rings. The Morgan fingerprint density at radius 3 is 2.44 bits per heavy atom. The third-order valence-corrected chi connectivity index (χ3v) is 9.35. The van der Waals surface area contributed by atoms with E-state index in [1.165, 1.54) is 30.4 Å². The second-order valence-electron chi connectivity index (χ2n) is 8.46. The van der Waals surface area contributed by atoms with E-state index in [1.807, 2.05) is 23.9 Å². The molecule has 1 aromatic carbocycles. The molecule has 3 rings (SSSR count). The Labute approximate surface area is 168 Å². The van der Waals surface area contributed by atoms with Crippen molar-refractivity contribution in [2.45, 2.75) is 73.8 Å². The van der Waals surface area contributed by atoms with Gasteiger partial charge < -0.3 is 9.59 Å². The van der Waals surface area contributed by atoms with Gasteiger partial charge in [0, 0.05) is 29.9 Å². The molecule has 2 aliphatic heterocycles. The number of thioether (sulfide) groups is 1. The summed E-state index contributed by atoms with van der Waals surface area (Å²) in [6, 6.07) is 8.00. The first-order valence-electron chi connectivity index (χ1n) is 10.2. The fraction of sp³-hybridized carbons (Fsp3) is 0.714. The number of benzene rings is 1. The zero-order chi connectivity index (χ0) is 19.7. The number of quaternary nitrogens is 1. The summed E-state index contributed by atoms with van der Waals surface area (Å²) >= 11 is 2.02. The Bertz CT molecular complexity index is 728. The topological polar surface area (TPSA) is 54.4 Å². The second kappa shape index (κ2) is 8.44. The first-order valence-corrected chi connectivity index (χ1v) is 13.1. The number of hydrogen-bond donors (Lipinski definition) is 1. The van der Waals surface area contributed by atoms with E-state index in [1.54, 1.807) is 12.1 Å². The average molecular weight is 413 g/mol. The van der Waals surface area contributed by atoms with Gasteiger partial charge in [-0.3, -0.25) is 0 Å². The molecule has 4 unspecified atom stereocenters. The Balaban J connectivity index is 1.82. The highest BCUT2D eigenvalue weighted by Crippen LogP contribution is 2.42. The normalized spacial score (nSPS) is 33.1. The van der Waals surface area contributed by atoms with Crippen molar-refractivity contribution in [3.8, 4) is 0 Å². The minimum Gasteiger partial charge on any atom is -0.387 e. The predicted molar refractivity (Wildman–Crippen MR) is 113 cm³/mol. The number of piperidine rings is 1. The van der Waals surface area contributed by atoms with Crippen molar-refractivity contribution < 1.29 is 18.0 Å². The summed E-state index contributed by atoms with van der Waals surface area (Å²) < 4.78 is 24.4. The zero-order valence-electron chi connectivity index (χ0n) is 16.8. The van der Waals surface area contributed by atoms with Gasteiger partial charge >= 0.3 is 0 Å². The van der Waals surface area contributed by atoms with Crippen LogP contribution in [0.1, 0.15) is 57.1 Å². The van der Waals surface area contributed by atoms with Gasteiger partial charge in [-0.05, 0) is 50.5 Å². The van der Waals surface area contributed by atoms with Gasteiger partial charge in [0.2, 0.25) is 0 Å². The summed E-state index contributed by atoms with van der Waals surface area (Å²) in [7, 11) is -0.888. The molecule has 0 aromatic heterocycles. The summed E-state index contributed by atoms with van der Waals surface area (Å²) in [6.45, 7) is 3.19. The van der Waals surface area contributed by atoms with Crippen LogP contribution in [-0.2, 0) is 9.84 Å². The smallest absolute Gasteiger partial charge is 0.175 e. The van der Waals surface area contributed by atoms with Crippen LogP contribution in [0.2, 0.25) is 0 Å². The van der Waals surface area contributed by atoms with Crippen LogP contribution < -0.4 is 0 Å². The number of likely N-dealkylation sites (N-methyl/N-ethyl adjacent to an activating group) is 1. The first-order chi connectivity index (χ1) is 12.8. The van der Waals surface area contributed by atoms with Crippen LogP contribution in [0, 0.1) is 0 Å². The number of sulfone groups is 1. The van der Waals surface area contributed by atoms with Crippen molar-refractivity contribution in [3.63, 3.8) is 0 Å². The summed E-state index contributed by atoms with van der Waals surface area (Å²) in [5.74, 6) is 1.23. The third kappa shape index (κ3) is 4.55. The number of rotatable bonds is 6. The molecule has 1 aromatic rings. The van der Waals surface area contributed by atoms with E-state index in [2.05, 4.69) is 14.0 Å². The van der Waals surface area contributed by atoms with E-state index in [-0.39, 0.29) is 12.1 Å². The minimum atomic E-state index is -3.17. The monoisotopic (exact) mass is 412 g/mol. The summed E-state index contributed by atoms with van der Waals surface area (Å²) in [4.78, 5) is 0.377. The fourth-order valence-corrected chi connectivity index (χ4v) is 7.05. The molecule has 0 amide bonds. The molecular weight excluding hydrogens is 378 g/mol. The van der Waals surface area contributed by atoms with Gasteiger partial charge in [-0.2, -0.15) is 11.8 Å². The molecule has 2 heterocycles. The lowest BCUT2D eigenvalue weighted by atomic mass is 9.84. The molecule has 27 heavy (non-hydrogen) atoms. The second-order valence-corrected chi connectivity index (χ2v) is 11.9. The number of aliphatic hydroxyl groups is 1. The molecule has 4 nitrogen and oxygen atoms in total. The number of hydrogen-bond acceptors (Lipinski definition) is 4. The summed E-state index contributed by atoms with van der Waals surface area (Å²) in [5, 5.41) is 11.7. The Hall–Kier alpha value is -0.560. The molecule has 6 heteroatoms. The van der Waals surface area contributed by atoms with E-state index in [9.17, 15) is 13.5 Å². The van der Waals surface area contributed by atoms with Crippen LogP contribution in [0.5, 0.6) is 0 Å². The van der Waals surface area contributed by atoms with Crippen molar-refractivity contribution in [1.29, 1.82) is 0 Å². The van der Waals surface area contributed by atoms with Gasteiger partial charge in [-0.15, -0.1) is 0 Å². The molecule has 0 saturated carbocycles. The van der Waals surface area contributed by atoms with Gasteiger partial charge in [0.15, 0.2) is 9.84 Å². The molecule has 1 N–H and O–H groups in total. The van der Waals surface area contributed by atoms with E-state index in [0.29, 0.717) is 16.2 Å². The van der Waals surface area contributed by atoms with Gasteiger partial charge in [0.1, 0.15) is 18.2 Å². The molecule has 0 spiro atoms. The molecule has 152 valence electrons. The standard InChI is InChI=1S/C21H34NO3S2/c1-4-22(2)19(16-10-12-18(13-11-16)27(3,24)25)8-5-9-20(22)21(23)15-17-7-6-14-26-17/h10-13,17,19-21,23H,4-9,14-15H2,1-3H3/q+1/t17?,19?,20?,21-,22?/m0/s1. The molecule has 5 atom stereocenters. The van der Waals surface area contributed by atoms with Crippen LogP contribution in [0.25, 0.3) is 0 Å². The summed E-state index contributed by atoms with van der Waals surface area (Å²) in [6.07, 6.45) is 7.69. The maximum Gasteiger partial charge on any atom is 0.175 e. The maximum atomic E-state index is 11.8.